The lowest BCUT2D eigenvalue weighted by molar-refractivity contribution is 0.00578. The highest BCUT2D eigenvalue weighted by Gasteiger charge is 2.52. The Bertz CT molecular complexity index is 440. The van der Waals surface area contributed by atoms with Gasteiger partial charge >= 0.3 is 7.12 Å². The van der Waals surface area contributed by atoms with Crippen molar-refractivity contribution >= 4 is 12.6 Å². The summed E-state index contributed by atoms with van der Waals surface area (Å²) in [6, 6.07) is 5.28. The molecule has 2 rings (SSSR count). The molecule has 0 saturated carbocycles. The Hall–Kier alpha value is -1.20. The van der Waals surface area contributed by atoms with Crippen molar-refractivity contribution in [2.75, 3.05) is 7.11 Å². The number of phenols is 1. The van der Waals surface area contributed by atoms with Gasteiger partial charge in [-0.15, -0.1) is 0 Å². The number of hydrogen-bond donors (Lipinski definition) is 1. The van der Waals surface area contributed by atoms with E-state index in [1.165, 1.54) is 7.11 Å². The predicted octanol–water partition coefficient (Wildman–Crippen LogP) is 1.70. The Morgan fingerprint density at radius 3 is 2.17 bits per heavy atom. The van der Waals surface area contributed by atoms with Crippen LogP contribution in [0.25, 0.3) is 0 Å². The second-order valence-electron chi connectivity index (χ2n) is 5.49. The standard InChI is InChI=1S/C13H19BO4/c1-12(2)13(3,4)18-14(17-12)9-7-6-8-10(16-5)11(9)15/h6-8,15H,1-5H3. The maximum absolute atomic E-state index is 10.1. The first-order valence-corrected chi connectivity index (χ1v) is 6.00. The highest BCUT2D eigenvalue weighted by Crippen LogP contribution is 2.37. The number of aromatic hydroxyl groups is 1. The quantitative estimate of drug-likeness (QED) is 0.811. The number of methoxy groups -OCH3 is 1. The fourth-order valence-corrected chi connectivity index (χ4v) is 1.86. The number of phenolic OH excluding ortho intramolecular Hbond substituents is 1. The molecule has 1 aromatic rings. The molecule has 1 aliphatic rings. The summed E-state index contributed by atoms with van der Waals surface area (Å²) < 4.78 is 16.9. The lowest BCUT2D eigenvalue weighted by Crippen LogP contribution is -2.41. The predicted molar refractivity (Wildman–Crippen MR) is 70.4 cm³/mol. The summed E-state index contributed by atoms with van der Waals surface area (Å²) in [7, 11) is 0.938. The summed E-state index contributed by atoms with van der Waals surface area (Å²) in [4.78, 5) is 0. The number of ether oxygens (including phenoxy) is 1. The van der Waals surface area contributed by atoms with Crippen LogP contribution in [0.5, 0.6) is 11.5 Å². The molecule has 0 aliphatic carbocycles. The van der Waals surface area contributed by atoms with E-state index in [0.29, 0.717) is 11.2 Å². The molecule has 0 radical (unpaired) electrons. The fourth-order valence-electron chi connectivity index (χ4n) is 1.86. The summed E-state index contributed by atoms with van der Waals surface area (Å²) >= 11 is 0. The summed E-state index contributed by atoms with van der Waals surface area (Å²) in [6.45, 7) is 7.91. The Labute approximate surface area is 108 Å². The van der Waals surface area contributed by atoms with E-state index in [9.17, 15) is 5.11 Å². The second-order valence-corrected chi connectivity index (χ2v) is 5.49. The highest BCUT2D eigenvalue weighted by atomic mass is 16.7. The molecule has 1 N–H and O–H groups in total. The topological polar surface area (TPSA) is 47.9 Å². The Balaban J connectivity index is 2.35. The van der Waals surface area contributed by atoms with Crippen LogP contribution >= 0.6 is 0 Å². The first-order valence-electron chi connectivity index (χ1n) is 6.00. The molecule has 0 amide bonds. The maximum atomic E-state index is 10.1. The summed E-state index contributed by atoms with van der Waals surface area (Å²) in [5, 5.41) is 10.1. The fraction of sp³-hybridized carbons (Fsp3) is 0.538. The molecule has 1 aliphatic heterocycles. The van der Waals surface area contributed by atoms with Gasteiger partial charge in [0.15, 0.2) is 11.5 Å². The van der Waals surface area contributed by atoms with E-state index in [4.69, 9.17) is 14.0 Å². The van der Waals surface area contributed by atoms with Crippen molar-refractivity contribution in [3.8, 4) is 11.5 Å². The van der Waals surface area contributed by atoms with Gasteiger partial charge in [-0.1, -0.05) is 12.1 Å². The third kappa shape index (κ3) is 1.97. The van der Waals surface area contributed by atoms with Crippen LogP contribution in [0.3, 0.4) is 0 Å². The monoisotopic (exact) mass is 250 g/mol. The van der Waals surface area contributed by atoms with Crippen LogP contribution in [0.2, 0.25) is 0 Å². The molecule has 0 spiro atoms. The summed E-state index contributed by atoms with van der Waals surface area (Å²) in [6.07, 6.45) is 0. The van der Waals surface area contributed by atoms with Crippen LogP contribution in [-0.2, 0) is 9.31 Å². The van der Waals surface area contributed by atoms with E-state index in [-0.39, 0.29) is 5.75 Å². The first kappa shape index (κ1) is 13.2. The van der Waals surface area contributed by atoms with E-state index < -0.39 is 18.3 Å². The van der Waals surface area contributed by atoms with E-state index >= 15 is 0 Å². The minimum Gasteiger partial charge on any atom is -0.505 e. The van der Waals surface area contributed by atoms with E-state index in [1.54, 1.807) is 18.2 Å². The van der Waals surface area contributed by atoms with Crippen LogP contribution in [-0.4, -0.2) is 30.5 Å². The molecular weight excluding hydrogens is 231 g/mol. The number of rotatable bonds is 2. The molecule has 1 aromatic carbocycles. The molecular formula is C13H19BO4. The van der Waals surface area contributed by atoms with Crippen LogP contribution in [0.15, 0.2) is 18.2 Å². The SMILES string of the molecule is COc1cccc(B2OC(C)(C)C(C)(C)O2)c1O. The molecule has 1 fully saturated rings. The van der Waals surface area contributed by atoms with Gasteiger partial charge in [0, 0.05) is 5.46 Å². The van der Waals surface area contributed by atoms with Crippen LogP contribution in [0.1, 0.15) is 27.7 Å². The number of hydrogen-bond acceptors (Lipinski definition) is 4. The normalized spacial score (nSPS) is 21.1. The van der Waals surface area contributed by atoms with E-state index in [0.717, 1.165) is 0 Å². The van der Waals surface area contributed by atoms with Crippen molar-refractivity contribution in [1.29, 1.82) is 0 Å². The van der Waals surface area contributed by atoms with Crippen molar-refractivity contribution in [1.82, 2.24) is 0 Å². The first-order chi connectivity index (χ1) is 8.28. The molecule has 98 valence electrons. The Kier molecular flexibility index (Phi) is 3.07. The van der Waals surface area contributed by atoms with Crippen LogP contribution < -0.4 is 10.2 Å². The molecule has 1 saturated heterocycles. The second kappa shape index (κ2) is 4.18. The van der Waals surface area contributed by atoms with Crippen LogP contribution in [0.4, 0.5) is 0 Å². The molecule has 0 bridgehead atoms. The molecule has 0 aromatic heterocycles. The van der Waals surface area contributed by atoms with Crippen molar-refractivity contribution in [2.45, 2.75) is 38.9 Å². The van der Waals surface area contributed by atoms with Crippen molar-refractivity contribution in [2.24, 2.45) is 0 Å². The number of para-hydroxylation sites is 1. The lowest BCUT2D eigenvalue weighted by atomic mass is 9.78. The molecule has 4 nitrogen and oxygen atoms in total. The lowest BCUT2D eigenvalue weighted by Gasteiger charge is -2.32. The van der Waals surface area contributed by atoms with E-state index in [1.807, 2.05) is 27.7 Å². The zero-order valence-corrected chi connectivity index (χ0v) is 11.5. The van der Waals surface area contributed by atoms with Gasteiger partial charge in [0.25, 0.3) is 0 Å². The third-order valence-electron chi connectivity index (χ3n) is 3.76. The molecule has 18 heavy (non-hydrogen) atoms. The Morgan fingerprint density at radius 1 is 1.11 bits per heavy atom. The van der Waals surface area contributed by atoms with Crippen LogP contribution in [0, 0.1) is 0 Å². The molecule has 1 heterocycles. The maximum Gasteiger partial charge on any atom is 0.498 e. The van der Waals surface area contributed by atoms with E-state index in [2.05, 4.69) is 0 Å². The molecule has 5 heteroatoms. The summed E-state index contributed by atoms with van der Waals surface area (Å²) in [5.74, 6) is 0.487. The van der Waals surface area contributed by atoms with Crippen molar-refractivity contribution in [3.05, 3.63) is 18.2 Å². The van der Waals surface area contributed by atoms with Gasteiger partial charge in [0.05, 0.1) is 18.3 Å². The average molecular weight is 250 g/mol. The van der Waals surface area contributed by atoms with Gasteiger partial charge in [-0.2, -0.15) is 0 Å². The zero-order chi connectivity index (χ0) is 13.6. The highest BCUT2D eigenvalue weighted by molar-refractivity contribution is 6.63. The Morgan fingerprint density at radius 2 is 1.67 bits per heavy atom. The van der Waals surface area contributed by atoms with Gasteiger partial charge in [-0.05, 0) is 33.8 Å². The third-order valence-corrected chi connectivity index (χ3v) is 3.76. The smallest absolute Gasteiger partial charge is 0.498 e. The number of benzene rings is 1. The minimum absolute atomic E-state index is 0.0681. The molecule has 0 atom stereocenters. The zero-order valence-electron chi connectivity index (χ0n) is 11.5. The minimum atomic E-state index is -0.579. The van der Waals surface area contributed by atoms with Gasteiger partial charge < -0.3 is 19.2 Å². The summed E-state index contributed by atoms with van der Waals surface area (Å²) in [5.41, 5.74) is -0.256. The molecule has 0 unspecified atom stereocenters. The van der Waals surface area contributed by atoms with Crippen molar-refractivity contribution < 1.29 is 19.2 Å². The van der Waals surface area contributed by atoms with Gasteiger partial charge in [-0.3, -0.25) is 0 Å². The average Bonchev–Trinajstić information content (AvgIpc) is 2.48. The van der Waals surface area contributed by atoms with Gasteiger partial charge in [0.1, 0.15) is 0 Å². The van der Waals surface area contributed by atoms with Gasteiger partial charge in [-0.25, -0.2) is 0 Å². The van der Waals surface area contributed by atoms with Crippen molar-refractivity contribution in [3.63, 3.8) is 0 Å². The largest absolute Gasteiger partial charge is 0.505 e. The van der Waals surface area contributed by atoms with Gasteiger partial charge in [0.2, 0.25) is 0 Å².